The number of sulfonamides is 2. The van der Waals surface area contributed by atoms with Crippen LogP contribution in [-0.2, 0) is 29.5 Å². The highest BCUT2D eigenvalue weighted by Gasteiger charge is 2.33. The highest BCUT2D eigenvalue weighted by Crippen LogP contribution is 2.23. The normalized spacial score (nSPS) is 23.8. The first kappa shape index (κ1) is 35.0. The van der Waals surface area contributed by atoms with Crippen molar-refractivity contribution in [3.63, 3.8) is 0 Å². The van der Waals surface area contributed by atoms with Gasteiger partial charge in [0.15, 0.2) is 0 Å². The maximum atomic E-state index is 13.1. The van der Waals surface area contributed by atoms with E-state index in [4.69, 9.17) is 9.47 Å². The SMILES string of the molecule is C[C@@H]1CN(S(=O)(=O)c2ccc(C(=O)NCC(C)(C)CNC(=O)c3ccc(S(=O)(=O)N4C[C@@H](C)O[C@@H](C)C4)cc3)cc2)C[C@H](C)O1. The Morgan fingerprint density at radius 3 is 1.22 bits per heavy atom. The summed E-state index contributed by atoms with van der Waals surface area (Å²) in [7, 11) is -7.44. The second-order valence-corrected chi connectivity index (χ2v) is 16.6. The minimum absolute atomic E-state index is 0.110. The van der Waals surface area contributed by atoms with E-state index in [1.165, 1.54) is 57.1 Å². The van der Waals surface area contributed by atoms with Gasteiger partial charge in [0.2, 0.25) is 20.0 Å². The number of morpholine rings is 2. The molecular formula is C31H44N4O8S2. The van der Waals surface area contributed by atoms with Crippen molar-refractivity contribution in [2.45, 2.75) is 75.7 Å². The lowest BCUT2D eigenvalue weighted by atomic mass is 9.93. The lowest BCUT2D eigenvalue weighted by molar-refractivity contribution is -0.0442. The van der Waals surface area contributed by atoms with E-state index < -0.39 is 25.5 Å². The van der Waals surface area contributed by atoms with E-state index in [1.807, 2.05) is 41.5 Å². The molecule has 0 aliphatic carbocycles. The standard InChI is InChI=1S/C31H44N4O8S2/c1-21-15-34(16-22(2)42-21)44(38,39)27-11-7-25(8-12-27)29(36)32-19-31(5,6)20-33-30(37)26-9-13-28(14-10-26)45(40,41)35-17-23(3)43-24(4)18-35/h7-14,21-24H,15-20H2,1-6H3,(H,32,36)(H,33,37)/t21-,22+,23-,24+. The van der Waals surface area contributed by atoms with Crippen LogP contribution in [0.4, 0.5) is 0 Å². The molecule has 0 unspecified atom stereocenters. The lowest BCUT2D eigenvalue weighted by Crippen LogP contribution is -2.48. The van der Waals surface area contributed by atoms with E-state index in [0.717, 1.165) is 0 Å². The van der Waals surface area contributed by atoms with Crippen LogP contribution in [0.3, 0.4) is 0 Å². The van der Waals surface area contributed by atoms with Crippen molar-refractivity contribution in [3.8, 4) is 0 Å². The molecular weight excluding hydrogens is 620 g/mol. The second kappa shape index (κ2) is 13.9. The molecule has 2 N–H and O–H groups in total. The van der Waals surface area contributed by atoms with Gasteiger partial charge >= 0.3 is 0 Å². The van der Waals surface area contributed by atoms with E-state index in [1.54, 1.807) is 0 Å². The van der Waals surface area contributed by atoms with Crippen LogP contribution in [0.1, 0.15) is 62.3 Å². The predicted octanol–water partition coefficient (Wildman–Crippen LogP) is 2.47. The summed E-state index contributed by atoms with van der Waals surface area (Å²) in [6.07, 6.45) is -0.834. The summed E-state index contributed by atoms with van der Waals surface area (Å²) >= 11 is 0. The van der Waals surface area contributed by atoms with Crippen molar-refractivity contribution in [1.82, 2.24) is 19.2 Å². The minimum atomic E-state index is -3.72. The summed E-state index contributed by atoms with van der Waals surface area (Å²) in [5.41, 5.74) is 0.104. The number of hydrogen-bond donors (Lipinski definition) is 2. The first-order valence-corrected chi connectivity index (χ1v) is 17.9. The summed E-state index contributed by atoms with van der Waals surface area (Å²) in [5, 5.41) is 5.70. The second-order valence-electron chi connectivity index (χ2n) is 12.7. The van der Waals surface area contributed by atoms with Gasteiger partial charge in [-0.1, -0.05) is 13.8 Å². The quantitative estimate of drug-likeness (QED) is 0.393. The fourth-order valence-electron chi connectivity index (χ4n) is 5.41. The Kier molecular flexibility index (Phi) is 10.8. The zero-order valence-corrected chi connectivity index (χ0v) is 28.3. The molecule has 45 heavy (non-hydrogen) atoms. The first-order chi connectivity index (χ1) is 21.0. The fourth-order valence-corrected chi connectivity index (χ4v) is 8.60. The van der Waals surface area contributed by atoms with Crippen LogP contribution < -0.4 is 10.6 Å². The van der Waals surface area contributed by atoms with Crippen LogP contribution in [0, 0.1) is 5.41 Å². The van der Waals surface area contributed by atoms with E-state index in [-0.39, 0.29) is 85.3 Å². The average molecular weight is 665 g/mol. The zero-order chi connectivity index (χ0) is 33.2. The molecule has 2 aliphatic heterocycles. The highest BCUT2D eigenvalue weighted by atomic mass is 32.2. The third kappa shape index (κ3) is 8.69. The lowest BCUT2D eigenvalue weighted by Gasteiger charge is -2.34. The van der Waals surface area contributed by atoms with Gasteiger partial charge in [0.25, 0.3) is 11.8 Å². The van der Waals surface area contributed by atoms with Crippen molar-refractivity contribution in [2.24, 2.45) is 5.41 Å². The summed E-state index contributed by atoms with van der Waals surface area (Å²) in [6.45, 7) is 12.6. The first-order valence-electron chi connectivity index (χ1n) is 15.1. The molecule has 2 heterocycles. The van der Waals surface area contributed by atoms with Crippen molar-refractivity contribution in [3.05, 3.63) is 59.7 Å². The van der Waals surface area contributed by atoms with Gasteiger partial charge in [0.05, 0.1) is 34.2 Å². The Morgan fingerprint density at radius 2 is 0.933 bits per heavy atom. The van der Waals surface area contributed by atoms with Gasteiger partial charge in [0, 0.05) is 50.4 Å². The van der Waals surface area contributed by atoms with Gasteiger partial charge in [0.1, 0.15) is 0 Å². The van der Waals surface area contributed by atoms with Gasteiger partial charge in [-0.15, -0.1) is 0 Å². The number of amides is 2. The van der Waals surface area contributed by atoms with E-state index in [0.29, 0.717) is 11.1 Å². The molecule has 2 aromatic carbocycles. The predicted molar refractivity (Wildman–Crippen MR) is 169 cm³/mol. The Labute approximate surface area is 266 Å². The van der Waals surface area contributed by atoms with Crippen LogP contribution in [0.5, 0.6) is 0 Å². The number of ether oxygens (including phenoxy) is 2. The molecule has 4 atom stereocenters. The smallest absolute Gasteiger partial charge is 0.251 e. The topological polar surface area (TPSA) is 151 Å². The van der Waals surface area contributed by atoms with Crippen LogP contribution in [0.15, 0.2) is 58.3 Å². The maximum Gasteiger partial charge on any atom is 0.251 e. The molecule has 0 saturated carbocycles. The molecule has 2 aromatic rings. The fraction of sp³-hybridized carbons (Fsp3) is 0.548. The van der Waals surface area contributed by atoms with Crippen molar-refractivity contribution >= 4 is 31.9 Å². The Bertz CT molecular complexity index is 1440. The molecule has 2 fully saturated rings. The number of benzene rings is 2. The molecule has 248 valence electrons. The van der Waals surface area contributed by atoms with Crippen molar-refractivity contribution < 1.29 is 35.9 Å². The third-order valence-corrected chi connectivity index (χ3v) is 11.4. The van der Waals surface area contributed by atoms with Crippen molar-refractivity contribution in [1.29, 1.82) is 0 Å². The monoisotopic (exact) mass is 664 g/mol. The third-order valence-electron chi connectivity index (χ3n) is 7.74. The van der Waals surface area contributed by atoms with Gasteiger partial charge in [-0.2, -0.15) is 8.61 Å². The van der Waals surface area contributed by atoms with E-state index in [2.05, 4.69) is 10.6 Å². The van der Waals surface area contributed by atoms with Gasteiger partial charge in [-0.3, -0.25) is 9.59 Å². The largest absolute Gasteiger partial charge is 0.373 e. The molecule has 14 heteroatoms. The van der Waals surface area contributed by atoms with Crippen molar-refractivity contribution in [2.75, 3.05) is 39.3 Å². The molecule has 2 saturated heterocycles. The molecule has 0 spiro atoms. The number of hydrogen-bond acceptors (Lipinski definition) is 8. The number of nitrogens with one attached hydrogen (secondary N) is 2. The van der Waals surface area contributed by atoms with Gasteiger partial charge in [-0.05, 0) is 81.6 Å². The Hall–Kier alpha value is -2.88. The Morgan fingerprint density at radius 1 is 0.644 bits per heavy atom. The molecule has 4 rings (SSSR count). The average Bonchev–Trinajstić information content (AvgIpc) is 2.98. The van der Waals surface area contributed by atoms with Gasteiger partial charge < -0.3 is 20.1 Å². The number of nitrogens with zero attached hydrogens (tertiary/aromatic N) is 2. The summed E-state index contributed by atoms with van der Waals surface area (Å²) < 4.78 is 66.5. The summed E-state index contributed by atoms with van der Waals surface area (Å²) in [5.74, 6) is -0.736. The number of carbonyl (C=O) groups is 2. The molecule has 2 aliphatic rings. The highest BCUT2D eigenvalue weighted by molar-refractivity contribution is 7.89. The number of carbonyl (C=O) groups excluding carboxylic acids is 2. The van der Waals surface area contributed by atoms with Crippen LogP contribution in [0.25, 0.3) is 0 Å². The zero-order valence-electron chi connectivity index (χ0n) is 26.6. The maximum absolute atomic E-state index is 13.1. The number of rotatable bonds is 10. The molecule has 0 aromatic heterocycles. The molecule has 12 nitrogen and oxygen atoms in total. The molecule has 0 radical (unpaired) electrons. The molecule has 0 bridgehead atoms. The summed E-state index contributed by atoms with van der Waals surface area (Å²) in [4.78, 5) is 25.9. The molecule has 2 amide bonds. The minimum Gasteiger partial charge on any atom is -0.373 e. The van der Waals surface area contributed by atoms with E-state index in [9.17, 15) is 26.4 Å². The van der Waals surface area contributed by atoms with Crippen LogP contribution in [0.2, 0.25) is 0 Å². The summed E-state index contributed by atoms with van der Waals surface area (Å²) in [6, 6.07) is 11.6. The van der Waals surface area contributed by atoms with Crippen LogP contribution >= 0.6 is 0 Å². The van der Waals surface area contributed by atoms with Crippen LogP contribution in [-0.4, -0.2) is 101 Å². The van der Waals surface area contributed by atoms with Gasteiger partial charge in [-0.25, -0.2) is 16.8 Å². The Balaban J connectivity index is 1.28. The van der Waals surface area contributed by atoms with E-state index >= 15 is 0 Å².